The van der Waals surface area contributed by atoms with Crippen molar-refractivity contribution in [3.63, 3.8) is 0 Å². The Morgan fingerprint density at radius 1 is 1.11 bits per heavy atom. The van der Waals surface area contributed by atoms with Gasteiger partial charge in [-0.1, -0.05) is 18.2 Å². The summed E-state index contributed by atoms with van der Waals surface area (Å²) in [6, 6.07) is 12.4. The van der Waals surface area contributed by atoms with E-state index >= 15 is 0 Å². The first kappa shape index (κ1) is 21.8. The Kier molecular flexibility index (Phi) is 4.95. The average Bonchev–Trinajstić information content (AvgIpc) is 3.59. The second-order valence-electron chi connectivity index (χ2n) is 10.1. The zero-order valence-corrected chi connectivity index (χ0v) is 20.7. The Morgan fingerprint density at radius 3 is 2.71 bits per heavy atom. The number of amides is 2. The molecule has 0 radical (unpaired) electrons. The number of likely N-dealkylation sites (tertiary alicyclic amines) is 1. The minimum absolute atomic E-state index is 0.00561. The van der Waals surface area contributed by atoms with Gasteiger partial charge < -0.3 is 10.2 Å². The number of aromatic nitrogens is 5. The maximum atomic E-state index is 13.2. The van der Waals surface area contributed by atoms with E-state index in [4.69, 9.17) is 5.10 Å². The highest BCUT2D eigenvalue weighted by Gasteiger charge is 2.47. The van der Waals surface area contributed by atoms with Crippen LogP contribution in [-0.4, -0.2) is 48.6 Å². The lowest BCUT2D eigenvalue weighted by Crippen LogP contribution is -2.41. The third-order valence-corrected chi connectivity index (χ3v) is 7.99. The SMILES string of the molecule is Cc1nn(C)c(C)c1C(C)NC(=O)N1CCC2(CCn3nc(-c4cnc5ccccc5c4)cc32)C1. The smallest absolute Gasteiger partial charge is 0.317 e. The number of carbonyl (C=O) groups is 1. The summed E-state index contributed by atoms with van der Waals surface area (Å²) in [5.41, 5.74) is 7.33. The lowest BCUT2D eigenvalue weighted by molar-refractivity contribution is 0.202. The van der Waals surface area contributed by atoms with Crippen molar-refractivity contribution in [1.82, 2.24) is 34.8 Å². The van der Waals surface area contributed by atoms with E-state index in [9.17, 15) is 4.79 Å². The van der Waals surface area contributed by atoms with E-state index < -0.39 is 0 Å². The fraction of sp³-hybridized carbons (Fsp3) is 0.407. The standard InChI is InChI=1S/C27H31N7O/c1-17(25-18(2)30-32(4)19(25)3)29-26(35)33-11-9-27(16-33)10-12-34-24(27)14-23(31-34)21-13-20-7-5-6-8-22(20)28-15-21/h5-8,13-15,17H,9-12,16H2,1-4H3,(H,29,35). The number of urea groups is 1. The molecule has 2 aliphatic heterocycles. The van der Waals surface area contributed by atoms with Crippen LogP contribution in [0.25, 0.3) is 22.2 Å². The Hall–Kier alpha value is -3.68. The van der Waals surface area contributed by atoms with E-state index in [0.29, 0.717) is 0 Å². The molecule has 6 rings (SSSR count). The highest BCUT2D eigenvalue weighted by molar-refractivity contribution is 5.83. The van der Waals surface area contributed by atoms with Crippen LogP contribution in [0.4, 0.5) is 4.79 Å². The van der Waals surface area contributed by atoms with Crippen molar-refractivity contribution in [2.24, 2.45) is 7.05 Å². The molecule has 0 saturated carbocycles. The number of nitrogens with zero attached hydrogens (tertiary/aromatic N) is 6. The number of hydrogen-bond acceptors (Lipinski definition) is 4. The van der Waals surface area contributed by atoms with Crippen LogP contribution in [0, 0.1) is 13.8 Å². The first-order chi connectivity index (χ1) is 16.8. The van der Waals surface area contributed by atoms with Crippen molar-refractivity contribution in [1.29, 1.82) is 0 Å². The summed E-state index contributed by atoms with van der Waals surface area (Å²) in [7, 11) is 1.94. The van der Waals surface area contributed by atoms with Crippen molar-refractivity contribution in [3.05, 3.63) is 65.2 Å². The molecule has 3 aromatic heterocycles. The summed E-state index contributed by atoms with van der Waals surface area (Å²) in [6.45, 7) is 8.44. The molecule has 1 saturated heterocycles. The van der Waals surface area contributed by atoms with Gasteiger partial charge in [0.25, 0.3) is 0 Å². The molecule has 8 nitrogen and oxygen atoms in total. The molecule has 8 heteroatoms. The molecule has 4 aromatic rings. The first-order valence-corrected chi connectivity index (χ1v) is 12.3. The van der Waals surface area contributed by atoms with Gasteiger partial charge in [0.05, 0.1) is 22.9 Å². The molecule has 1 fully saturated rings. The Morgan fingerprint density at radius 2 is 1.91 bits per heavy atom. The van der Waals surface area contributed by atoms with Gasteiger partial charge in [-0.2, -0.15) is 10.2 Å². The Labute approximate surface area is 205 Å². The fourth-order valence-electron chi connectivity index (χ4n) is 6.04. The average molecular weight is 470 g/mol. The van der Waals surface area contributed by atoms with Crippen LogP contribution in [-0.2, 0) is 19.0 Å². The summed E-state index contributed by atoms with van der Waals surface area (Å²) in [4.78, 5) is 19.8. The molecule has 2 unspecified atom stereocenters. The van der Waals surface area contributed by atoms with E-state index in [1.54, 1.807) is 0 Å². The Balaban J connectivity index is 1.21. The van der Waals surface area contributed by atoms with E-state index in [1.807, 2.05) is 61.8 Å². The zero-order valence-electron chi connectivity index (χ0n) is 20.7. The highest BCUT2D eigenvalue weighted by Crippen LogP contribution is 2.44. The van der Waals surface area contributed by atoms with Gasteiger partial charge in [0, 0.05) is 66.2 Å². The van der Waals surface area contributed by atoms with Crippen LogP contribution in [0.3, 0.4) is 0 Å². The maximum absolute atomic E-state index is 13.2. The summed E-state index contributed by atoms with van der Waals surface area (Å²) in [5.74, 6) is 0. The first-order valence-electron chi connectivity index (χ1n) is 12.3. The number of hydrogen-bond donors (Lipinski definition) is 1. The molecule has 35 heavy (non-hydrogen) atoms. The molecule has 1 N–H and O–H groups in total. The number of fused-ring (bicyclic) bond motifs is 3. The molecule has 0 bridgehead atoms. The number of carbonyl (C=O) groups excluding carboxylic acids is 1. The van der Waals surface area contributed by atoms with E-state index in [0.717, 1.165) is 71.6 Å². The summed E-state index contributed by atoms with van der Waals surface area (Å²) >= 11 is 0. The monoisotopic (exact) mass is 469 g/mol. The maximum Gasteiger partial charge on any atom is 0.317 e. The van der Waals surface area contributed by atoms with Gasteiger partial charge in [0.2, 0.25) is 0 Å². The second-order valence-corrected chi connectivity index (χ2v) is 10.1. The molecule has 1 spiro atoms. The third kappa shape index (κ3) is 3.50. The minimum Gasteiger partial charge on any atom is -0.331 e. The van der Waals surface area contributed by atoms with Crippen LogP contribution in [0.2, 0.25) is 0 Å². The number of rotatable bonds is 3. The summed E-state index contributed by atoms with van der Waals surface area (Å²) in [6.07, 6.45) is 3.89. The molecule has 2 aliphatic rings. The topological polar surface area (TPSA) is 80.9 Å². The Bertz CT molecular complexity index is 1450. The van der Waals surface area contributed by atoms with Crippen molar-refractivity contribution < 1.29 is 4.79 Å². The molecule has 1 aromatic carbocycles. The minimum atomic E-state index is -0.0890. The van der Waals surface area contributed by atoms with Gasteiger partial charge in [-0.15, -0.1) is 0 Å². The number of nitrogens with one attached hydrogen (secondary N) is 1. The van der Waals surface area contributed by atoms with Gasteiger partial charge >= 0.3 is 6.03 Å². The number of para-hydroxylation sites is 1. The van der Waals surface area contributed by atoms with Gasteiger partial charge in [-0.05, 0) is 51.8 Å². The van der Waals surface area contributed by atoms with Crippen LogP contribution in [0.15, 0.2) is 42.6 Å². The number of pyridine rings is 1. The van der Waals surface area contributed by atoms with Crippen LogP contribution >= 0.6 is 0 Å². The van der Waals surface area contributed by atoms with Crippen LogP contribution < -0.4 is 5.32 Å². The van der Waals surface area contributed by atoms with E-state index in [1.165, 1.54) is 5.69 Å². The molecular weight excluding hydrogens is 438 g/mol. The van der Waals surface area contributed by atoms with E-state index in [2.05, 4.69) is 38.3 Å². The molecule has 2 amide bonds. The number of aryl methyl sites for hydroxylation is 3. The van der Waals surface area contributed by atoms with Gasteiger partial charge in [0.1, 0.15) is 0 Å². The summed E-state index contributed by atoms with van der Waals surface area (Å²) < 4.78 is 4.01. The molecule has 180 valence electrons. The van der Waals surface area contributed by atoms with Crippen molar-refractivity contribution in [3.8, 4) is 11.3 Å². The lowest BCUT2D eigenvalue weighted by Gasteiger charge is -2.25. The van der Waals surface area contributed by atoms with Gasteiger partial charge in [-0.3, -0.25) is 14.3 Å². The zero-order chi connectivity index (χ0) is 24.3. The quantitative estimate of drug-likeness (QED) is 0.486. The lowest BCUT2D eigenvalue weighted by atomic mass is 9.82. The largest absolute Gasteiger partial charge is 0.331 e. The van der Waals surface area contributed by atoms with Crippen LogP contribution in [0.5, 0.6) is 0 Å². The predicted octanol–water partition coefficient (Wildman–Crippen LogP) is 4.27. The van der Waals surface area contributed by atoms with Crippen LogP contribution in [0.1, 0.15) is 48.5 Å². The number of benzene rings is 1. The second kappa shape index (κ2) is 7.93. The van der Waals surface area contributed by atoms with Crippen molar-refractivity contribution in [2.75, 3.05) is 13.1 Å². The third-order valence-electron chi connectivity index (χ3n) is 7.99. The van der Waals surface area contributed by atoms with Crippen molar-refractivity contribution >= 4 is 16.9 Å². The van der Waals surface area contributed by atoms with Crippen molar-refractivity contribution in [2.45, 2.75) is 51.6 Å². The molecule has 0 aliphatic carbocycles. The fourth-order valence-corrected chi connectivity index (χ4v) is 6.04. The molecule has 2 atom stereocenters. The summed E-state index contributed by atoms with van der Waals surface area (Å²) in [5, 5.41) is 13.7. The normalized spacial score (nSPS) is 20.1. The molecule has 5 heterocycles. The predicted molar refractivity (Wildman–Crippen MR) is 135 cm³/mol. The highest BCUT2D eigenvalue weighted by atomic mass is 16.2. The van der Waals surface area contributed by atoms with Gasteiger partial charge in [-0.25, -0.2) is 4.79 Å². The van der Waals surface area contributed by atoms with Gasteiger partial charge in [0.15, 0.2) is 0 Å². The van der Waals surface area contributed by atoms with E-state index in [-0.39, 0.29) is 17.5 Å². The molecular formula is C27H31N7O.